The number of nitrogens with zero attached hydrogens (tertiary/aromatic N) is 3. The number of carbonyl (C=O) groups is 1. The van der Waals surface area contributed by atoms with Gasteiger partial charge in [0.15, 0.2) is 5.82 Å². The Hall–Kier alpha value is -2.15. The molecule has 1 N–H and O–H groups in total. The molecule has 25 heavy (non-hydrogen) atoms. The first-order valence-corrected chi connectivity index (χ1v) is 9.03. The number of amides is 1. The number of likely N-dealkylation sites (N-methyl/N-ethyl adjacent to an activating group) is 1. The van der Waals surface area contributed by atoms with Gasteiger partial charge >= 0.3 is 0 Å². The summed E-state index contributed by atoms with van der Waals surface area (Å²) in [5.41, 5.74) is 0. The minimum Gasteiger partial charge on any atom is -0.468 e. The molecule has 2 rings (SSSR count). The van der Waals surface area contributed by atoms with Crippen LogP contribution in [0.4, 0.5) is 0 Å². The summed E-state index contributed by atoms with van der Waals surface area (Å²) in [5, 5.41) is 6.87. The molecule has 7 nitrogen and oxygen atoms in total. The molecule has 7 heteroatoms. The standard InChI is InChI=1S/C18H28N4O3/c1-4-16-20-18(25-21-16)11-7-10-17(23)19-13-14(22(5-2)6-3)15-9-8-12-24-15/h8-9,12,14H,4-7,10-11,13H2,1-3H3,(H,19,23)/t14-/m1/s1. The molecule has 138 valence electrons. The third-order valence-electron chi connectivity index (χ3n) is 4.24. The number of aromatic nitrogens is 2. The molecule has 2 heterocycles. The van der Waals surface area contributed by atoms with Gasteiger partial charge in [-0.25, -0.2) is 0 Å². The highest BCUT2D eigenvalue weighted by atomic mass is 16.5. The van der Waals surface area contributed by atoms with Crippen LogP contribution >= 0.6 is 0 Å². The average molecular weight is 348 g/mol. The largest absolute Gasteiger partial charge is 0.468 e. The summed E-state index contributed by atoms with van der Waals surface area (Å²) in [4.78, 5) is 18.7. The van der Waals surface area contributed by atoms with Gasteiger partial charge in [0.25, 0.3) is 0 Å². The lowest BCUT2D eigenvalue weighted by Crippen LogP contribution is -2.37. The van der Waals surface area contributed by atoms with Crippen molar-refractivity contribution in [2.75, 3.05) is 19.6 Å². The maximum atomic E-state index is 12.1. The van der Waals surface area contributed by atoms with E-state index in [-0.39, 0.29) is 11.9 Å². The molecule has 0 aliphatic heterocycles. The van der Waals surface area contributed by atoms with Crippen LogP contribution in [0.15, 0.2) is 27.3 Å². The third-order valence-corrected chi connectivity index (χ3v) is 4.24. The lowest BCUT2D eigenvalue weighted by molar-refractivity contribution is -0.121. The second kappa shape index (κ2) is 9.98. The van der Waals surface area contributed by atoms with Gasteiger partial charge in [0.2, 0.25) is 11.8 Å². The van der Waals surface area contributed by atoms with E-state index in [0.29, 0.717) is 37.5 Å². The van der Waals surface area contributed by atoms with Gasteiger partial charge in [-0.15, -0.1) is 0 Å². The first kappa shape index (κ1) is 19.2. The highest BCUT2D eigenvalue weighted by Gasteiger charge is 2.21. The summed E-state index contributed by atoms with van der Waals surface area (Å²) >= 11 is 0. The van der Waals surface area contributed by atoms with E-state index in [2.05, 4.69) is 34.2 Å². The van der Waals surface area contributed by atoms with Crippen molar-refractivity contribution in [1.82, 2.24) is 20.4 Å². The number of hydrogen-bond donors (Lipinski definition) is 1. The Labute approximate surface area is 148 Å². The van der Waals surface area contributed by atoms with E-state index in [1.807, 2.05) is 19.1 Å². The molecule has 2 aromatic heterocycles. The minimum absolute atomic E-state index is 0.0268. The molecule has 0 saturated heterocycles. The minimum atomic E-state index is 0.0268. The zero-order valence-corrected chi connectivity index (χ0v) is 15.3. The van der Waals surface area contributed by atoms with Crippen molar-refractivity contribution in [3.8, 4) is 0 Å². The van der Waals surface area contributed by atoms with E-state index in [0.717, 1.165) is 25.3 Å². The van der Waals surface area contributed by atoms with Crippen molar-refractivity contribution in [2.45, 2.75) is 52.5 Å². The number of rotatable bonds is 11. The molecule has 0 radical (unpaired) electrons. The quantitative estimate of drug-likeness (QED) is 0.672. The van der Waals surface area contributed by atoms with Gasteiger partial charge in [-0.1, -0.05) is 25.9 Å². The van der Waals surface area contributed by atoms with Gasteiger partial charge in [-0.05, 0) is 31.6 Å². The van der Waals surface area contributed by atoms with Gasteiger partial charge in [0.05, 0.1) is 12.3 Å². The molecule has 1 amide bonds. The van der Waals surface area contributed by atoms with Crippen LogP contribution in [0.3, 0.4) is 0 Å². The Morgan fingerprint density at radius 3 is 2.72 bits per heavy atom. The summed E-state index contributed by atoms with van der Waals surface area (Å²) in [6.45, 7) is 8.53. The van der Waals surface area contributed by atoms with E-state index in [1.165, 1.54) is 0 Å². The molecule has 0 aromatic carbocycles. The maximum Gasteiger partial charge on any atom is 0.226 e. The lowest BCUT2D eigenvalue weighted by atomic mass is 10.1. The Bertz CT molecular complexity index is 620. The Balaban J connectivity index is 1.78. The van der Waals surface area contributed by atoms with Crippen LogP contribution < -0.4 is 5.32 Å². The summed E-state index contributed by atoms with van der Waals surface area (Å²) in [7, 11) is 0. The van der Waals surface area contributed by atoms with Crippen LogP contribution in [0.1, 0.15) is 57.1 Å². The molecule has 0 aliphatic carbocycles. The fourth-order valence-corrected chi connectivity index (χ4v) is 2.79. The summed E-state index contributed by atoms with van der Waals surface area (Å²) < 4.78 is 10.7. The number of aryl methyl sites for hydroxylation is 2. The maximum absolute atomic E-state index is 12.1. The first-order valence-electron chi connectivity index (χ1n) is 9.03. The van der Waals surface area contributed by atoms with Crippen LogP contribution in [0.25, 0.3) is 0 Å². The van der Waals surface area contributed by atoms with E-state index >= 15 is 0 Å². The topological polar surface area (TPSA) is 84.4 Å². The van der Waals surface area contributed by atoms with Gasteiger partial charge in [0.1, 0.15) is 5.76 Å². The monoisotopic (exact) mass is 348 g/mol. The van der Waals surface area contributed by atoms with Crippen molar-refractivity contribution < 1.29 is 13.7 Å². The third kappa shape index (κ3) is 5.70. The van der Waals surface area contributed by atoms with Crippen LogP contribution in [-0.2, 0) is 17.6 Å². The molecule has 0 spiro atoms. The molecular weight excluding hydrogens is 320 g/mol. The molecule has 0 bridgehead atoms. The van der Waals surface area contributed by atoms with Crippen molar-refractivity contribution in [1.29, 1.82) is 0 Å². The predicted octanol–water partition coefficient (Wildman–Crippen LogP) is 2.75. The normalized spacial score (nSPS) is 12.5. The number of furan rings is 1. The van der Waals surface area contributed by atoms with Crippen molar-refractivity contribution in [2.24, 2.45) is 0 Å². The van der Waals surface area contributed by atoms with Gasteiger partial charge in [0, 0.05) is 25.8 Å². The zero-order valence-electron chi connectivity index (χ0n) is 15.3. The molecular formula is C18H28N4O3. The van der Waals surface area contributed by atoms with Crippen LogP contribution in [-0.4, -0.2) is 40.6 Å². The molecule has 0 fully saturated rings. The molecule has 0 unspecified atom stereocenters. The van der Waals surface area contributed by atoms with Gasteiger partial charge in [-0.2, -0.15) is 4.98 Å². The van der Waals surface area contributed by atoms with Crippen LogP contribution in [0, 0.1) is 0 Å². The SMILES string of the molecule is CCc1noc(CCCC(=O)NC[C@H](c2ccco2)N(CC)CC)n1. The average Bonchev–Trinajstić information content (AvgIpc) is 3.30. The van der Waals surface area contributed by atoms with E-state index in [9.17, 15) is 4.79 Å². The summed E-state index contributed by atoms with van der Waals surface area (Å²) in [5.74, 6) is 2.21. The van der Waals surface area contributed by atoms with E-state index in [4.69, 9.17) is 8.94 Å². The lowest BCUT2D eigenvalue weighted by Gasteiger charge is -2.28. The zero-order chi connectivity index (χ0) is 18.1. The second-order valence-corrected chi connectivity index (χ2v) is 5.87. The van der Waals surface area contributed by atoms with Crippen LogP contribution in [0.5, 0.6) is 0 Å². The summed E-state index contributed by atoms with van der Waals surface area (Å²) in [6.07, 6.45) is 4.17. The van der Waals surface area contributed by atoms with Gasteiger partial charge < -0.3 is 14.3 Å². The first-order chi connectivity index (χ1) is 12.2. The molecule has 2 aromatic rings. The molecule has 0 aliphatic rings. The number of nitrogens with one attached hydrogen (secondary N) is 1. The van der Waals surface area contributed by atoms with Crippen molar-refractivity contribution in [3.63, 3.8) is 0 Å². The Kier molecular flexibility index (Phi) is 7.66. The highest BCUT2D eigenvalue weighted by Crippen LogP contribution is 2.20. The highest BCUT2D eigenvalue weighted by molar-refractivity contribution is 5.75. The number of carbonyl (C=O) groups excluding carboxylic acids is 1. The Morgan fingerprint density at radius 2 is 2.12 bits per heavy atom. The predicted molar refractivity (Wildman–Crippen MR) is 94.0 cm³/mol. The Morgan fingerprint density at radius 1 is 1.32 bits per heavy atom. The van der Waals surface area contributed by atoms with E-state index < -0.39 is 0 Å². The molecule has 1 atom stereocenters. The summed E-state index contributed by atoms with van der Waals surface area (Å²) in [6, 6.07) is 3.88. The number of hydrogen-bond acceptors (Lipinski definition) is 6. The van der Waals surface area contributed by atoms with Crippen LogP contribution in [0.2, 0.25) is 0 Å². The molecule has 0 saturated carbocycles. The van der Waals surface area contributed by atoms with E-state index in [1.54, 1.807) is 6.26 Å². The fraction of sp³-hybridized carbons (Fsp3) is 0.611. The van der Waals surface area contributed by atoms with Crippen molar-refractivity contribution >= 4 is 5.91 Å². The second-order valence-electron chi connectivity index (χ2n) is 5.87. The van der Waals surface area contributed by atoms with Crippen molar-refractivity contribution in [3.05, 3.63) is 35.9 Å². The van der Waals surface area contributed by atoms with Gasteiger partial charge in [-0.3, -0.25) is 9.69 Å². The fourth-order valence-electron chi connectivity index (χ4n) is 2.79. The smallest absolute Gasteiger partial charge is 0.226 e.